The first kappa shape index (κ1) is 18.7. The van der Waals surface area contributed by atoms with Crippen LogP contribution in [0.15, 0.2) is 60.7 Å². The van der Waals surface area contributed by atoms with Crippen molar-refractivity contribution >= 4 is 33.6 Å². The van der Waals surface area contributed by atoms with Gasteiger partial charge >= 0.3 is 0 Å². The predicted molar refractivity (Wildman–Crippen MR) is 116 cm³/mol. The molecule has 0 aliphatic carbocycles. The number of hydrogen-bond acceptors (Lipinski definition) is 2. The fourth-order valence-electron chi connectivity index (χ4n) is 3.85. The number of amides is 2. The summed E-state index contributed by atoms with van der Waals surface area (Å²) in [5, 5.41) is 1.88. The molecule has 5 heteroatoms. The molecule has 5 nitrogen and oxygen atoms in total. The molecular weight excluding hydrogens is 362 g/mol. The Bertz CT molecular complexity index is 1250. The van der Waals surface area contributed by atoms with Crippen molar-refractivity contribution < 1.29 is 9.59 Å². The minimum absolute atomic E-state index is 0.385. The van der Waals surface area contributed by atoms with Crippen LogP contribution in [0.25, 0.3) is 21.8 Å². The lowest BCUT2D eigenvalue weighted by atomic mass is 10.00. The van der Waals surface area contributed by atoms with Crippen LogP contribution in [-0.2, 0) is 6.54 Å². The van der Waals surface area contributed by atoms with E-state index in [0.29, 0.717) is 23.6 Å². The van der Waals surface area contributed by atoms with Gasteiger partial charge in [0.15, 0.2) is 0 Å². The average Bonchev–Trinajstić information content (AvgIpc) is 3.01. The van der Waals surface area contributed by atoms with Gasteiger partial charge in [-0.1, -0.05) is 44.2 Å². The van der Waals surface area contributed by atoms with Crippen molar-refractivity contribution in [3.8, 4) is 0 Å². The molecule has 0 unspecified atom stereocenters. The molecule has 0 atom stereocenters. The fourth-order valence-corrected chi connectivity index (χ4v) is 3.85. The highest BCUT2D eigenvalue weighted by Crippen LogP contribution is 2.34. The molecule has 1 aromatic heterocycles. The Balaban J connectivity index is 1.96. The Labute approximate surface area is 168 Å². The molecule has 146 valence electrons. The largest absolute Gasteiger partial charge is 0.366 e. The number of nitrogens with two attached hydrogens (primary N) is 2. The summed E-state index contributed by atoms with van der Waals surface area (Å²) in [6.07, 6.45) is 0. The number of carbonyl (C=O) groups is 2. The number of nitrogens with zero attached hydrogens (tertiary/aromatic N) is 1. The lowest BCUT2D eigenvalue weighted by Crippen LogP contribution is -2.11. The summed E-state index contributed by atoms with van der Waals surface area (Å²) in [6.45, 7) is 4.92. The molecule has 3 aromatic carbocycles. The van der Waals surface area contributed by atoms with E-state index in [1.165, 1.54) is 5.56 Å². The maximum atomic E-state index is 12.1. The summed E-state index contributed by atoms with van der Waals surface area (Å²) in [6, 6.07) is 19.3. The monoisotopic (exact) mass is 385 g/mol. The maximum Gasteiger partial charge on any atom is 0.249 e. The smallest absolute Gasteiger partial charge is 0.249 e. The normalized spacial score (nSPS) is 11.4. The van der Waals surface area contributed by atoms with Gasteiger partial charge in [-0.15, -0.1) is 0 Å². The first-order chi connectivity index (χ1) is 13.9. The second kappa shape index (κ2) is 7.09. The highest BCUT2D eigenvalue weighted by atomic mass is 16.1. The summed E-state index contributed by atoms with van der Waals surface area (Å²) in [7, 11) is 0. The van der Waals surface area contributed by atoms with Gasteiger partial charge in [-0.2, -0.15) is 0 Å². The van der Waals surface area contributed by atoms with Crippen molar-refractivity contribution in [2.75, 3.05) is 0 Å². The Morgan fingerprint density at radius 3 is 2.24 bits per heavy atom. The van der Waals surface area contributed by atoms with E-state index in [2.05, 4.69) is 36.6 Å². The van der Waals surface area contributed by atoms with E-state index in [-0.39, 0.29) is 0 Å². The number of benzene rings is 3. The minimum atomic E-state index is -0.443. The van der Waals surface area contributed by atoms with Gasteiger partial charge in [0, 0.05) is 34.0 Å². The van der Waals surface area contributed by atoms with Crippen molar-refractivity contribution in [3.63, 3.8) is 0 Å². The number of fused-ring (bicyclic) bond motifs is 3. The molecule has 0 spiro atoms. The summed E-state index contributed by atoms with van der Waals surface area (Å²) < 4.78 is 2.20. The van der Waals surface area contributed by atoms with Crippen LogP contribution in [0.5, 0.6) is 0 Å². The van der Waals surface area contributed by atoms with Crippen LogP contribution in [-0.4, -0.2) is 16.4 Å². The van der Waals surface area contributed by atoms with Gasteiger partial charge in [0.05, 0.1) is 5.52 Å². The maximum absolute atomic E-state index is 12.1. The molecule has 29 heavy (non-hydrogen) atoms. The van der Waals surface area contributed by atoms with E-state index in [1.807, 2.05) is 24.3 Å². The number of aromatic nitrogens is 1. The fraction of sp³-hybridized carbons (Fsp3) is 0.167. The summed E-state index contributed by atoms with van der Waals surface area (Å²) in [5.41, 5.74) is 16.3. The molecule has 4 aromatic rings. The SMILES string of the molecule is CC(C)c1ccc2c3c(C(N)=O)cccc3n(Cc3ccc(C(N)=O)cc3)c2c1. The van der Waals surface area contributed by atoms with Gasteiger partial charge in [0.1, 0.15) is 0 Å². The topological polar surface area (TPSA) is 91.1 Å². The number of rotatable bonds is 5. The van der Waals surface area contributed by atoms with E-state index >= 15 is 0 Å². The second-order valence-corrected chi connectivity index (χ2v) is 7.64. The molecule has 0 radical (unpaired) electrons. The number of hydrogen-bond donors (Lipinski definition) is 2. The average molecular weight is 385 g/mol. The summed E-state index contributed by atoms with van der Waals surface area (Å²) >= 11 is 0. The molecule has 0 bridgehead atoms. The van der Waals surface area contributed by atoms with Crippen LogP contribution in [0.4, 0.5) is 0 Å². The van der Waals surface area contributed by atoms with E-state index in [4.69, 9.17) is 11.5 Å². The van der Waals surface area contributed by atoms with E-state index < -0.39 is 11.8 Å². The molecular formula is C24H23N3O2. The van der Waals surface area contributed by atoms with Crippen LogP contribution < -0.4 is 11.5 Å². The zero-order chi connectivity index (χ0) is 20.7. The van der Waals surface area contributed by atoms with Gasteiger partial charge in [-0.3, -0.25) is 9.59 Å². The third-order valence-electron chi connectivity index (χ3n) is 5.43. The summed E-state index contributed by atoms with van der Waals surface area (Å²) in [4.78, 5) is 23.4. The second-order valence-electron chi connectivity index (χ2n) is 7.64. The third kappa shape index (κ3) is 3.25. The summed E-state index contributed by atoms with van der Waals surface area (Å²) in [5.74, 6) is -0.495. The van der Waals surface area contributed by atoms with Crippen LogP contribution in [0.3, 0.4) is 0 Å². The first-order valence-electron chi connectivity index (χ1n) is 9.60. The van der Waals surface area contributed by atoms with E-state index in [9.17, 15) is 9.59 Å². The first-order valence-corrected chi connectivity index (χ1v) is 9.60. The zero-order valence-electron chi connectivity index (χ0n) is 16.5. The van der Waals surface area contributed by atoms with E-state index in [0.717, 1.165) is 27.4 Å². The van der Waals surface area contributed by atoms with Crippen molar-refractivity contribution in [2.24, 2.45) is 11.5 Å². The molecule has 1 heterocycles. The Kier molecular flexibility index (Phi) is 4.59. The molecule has 0 aliphatic rings. The number of primary amides is 2. The van der Waals surface area contributed by atoms with Gasteiger partial charge in [0.2, 0.25) is 11.8 Å². The van der Waals surface area contributed by atoms with Crippen LogP contribution in [0.2, 0.25) is 0 Å². The molecule has 0 saturated carbocycles. The van der Waals surface area contributed by atoms with Gasteiger partial charge < -0.3 is 16.0 Å². The lowest BCUT2D eigenvalue weighted by molar-refractivity contribution is 0.0992. The highest BCUT2D eigenvalue weighted by Gasteiger charge is 2.17. The Morgan fingerprint density at radius 1 is 0.897 bits per heavy atom. The van der Waals surface area contributed by atoms with Crippen molar-refractivity contribution in [1.82, 2.24) is 4.57 Å². The minimum Gasteiger partial charge on any atom is -0.366 e. The molecule has 0 saturated heterocycles. The van der Waals surface area contributed by atoms with Crippen LogP contribution in [0, 0.1) is 0 Å². The van der Waals surface area contributed by atoms with Crippen molar-refractivity contribution in [1.29, 1.82) is 0 Å². The third-order valence-corrected chi connectivity index (χ3v) is 5.43. The van der Waals surface area contributed by atoms with Gasteiger partial charge in [0.25, 0.3) is 0 Å². The molecule has 2 amide bonds. The molecule has 4 N–H and O–H groups in total. The standard InChI is InChI=1S/C24H23N3O2/c1-14(2)17-10-11-18-21(12-17)27(13-15-6-8-16(9-7-15)23(25)28)20-5-3-4-19(22(18)20)24(26)29/h3-12,14H,13H2,1-2H3,(H2,25,28)(H2,26,29). The number of carbonyl (C=O) groups excluding carboxylic acids is 2. The van der Waals surface area contributed by atoms with Gasteiger partial charge in [-0.25, -0.2) is 0 Å². The highest BCUT2D eigenvalue weighted by molar-refractivity contribution is 6.18. The quantitative estimate of drug-likeness (QED) is 0.540. The molecule has 0 aliphatic heterocycles. The zero-order valence-corrected chi connectivity index (χ0v) is 16.5. The van der Waals surface area contributed by atoms with Crippen LogP contribution >= 0.6 is 0 Å². The van der Waals surface area contributed by atoms with Crippen molar-refractivity contribution in [3.05, 3.63) is 82.9 Å². The van der Waals surface area contributed by atoms with Gasteiger partial charge in [-0.05, 0) is 47.4 Å². The molecule has 0 fully saturated rings. The Morgan fingerprint density at radius 2 is 1.62 bits per heavy atom. The lowest BCUT2D eigenvalue weighted by Gasteiger charge is -2.10. The van der Waals surface area contributed by atoms with Crippen LogP contribution in [0.1, 0.15) is 51.6 Å². The van der Waals surface area contributed by atoms with Crippen molar-refractivity contribution in [2.45, 2.75) is 26.3 Å². The predicted octanol–water partition coefficient (Wildman–Crippen LogP) is 4.16. The van der Waals surface area contributed by atoms with E-state index in [1.54, 1.807) is 18.2 Å². The Hall–Kier alpha value is -3.60. The molecule has 4 rings (SSSR count).